The predicted octanol–water partition coefficient (Wildman–Crippen LogP) is 5.69. The fourth-order valence-corrected chi connectivity index (χ4v) is 3.80. The van der Waals surface area contributed by atoms with Crippen LogP contribution in [0, 0.1) is 0 Å². The third-order valence-corrected chi connectivity index (χ3v) is 5.26. The number of nitrogens with zero attached hydrogens (tertiary/aromatic N) is 2. The van der Waals surface area contributed by atoms with Gasteiger partial charge in [-0.15, -0.1) is 0 Å². The number of benzene rings is 3. The first-order valence-electron chi connectivity index (χ1n) is 9.87. The number of ether oxygens (including phenoxy) is 2. The zero-order valence-corrected chi connectivity index (χ0v) is 18.8. The average molecular weight is 477 g/mol. The Morgan fingerprint density at radius 2 is 1.81 bits per heavy atom. The molecule has 1 amide bonds. The second-order valence-corrected chi connectivity index (χ2v) is 7.70. The summed E-state index contributed by atoms with van der Waals surface area (Å²) in [4.78, 5) is 19.8. The average Bonchev–Trinajstić information content (AvgIpc) is 3.10. The van der Waals surface area contributed by atoms with Crippen LogP contribution in [0.1, 0.15) is 18.1 Å². The highest BCUT2D eigenvalue weighted by molar-refractivity contribution is 9.10. The number of para-hydroxylation sites is 1. The van der Waals surface area contributed by atoms with Crippen LogP contribution in [0.2, 0.25) is 0 Å². The van der Waals surface area contributed by atoms with Crippen molar-refractivity contribution in [3.8, 4) is 11.5 Å². The van der Waals surface area contributed by atoms with Crippen LogP contribution in [-0.4, -0.2) is 25.5 Å². The summed E-state index contributed by atoms with van der Waals surface area (Å²) in [5.74, 6) is 1.71. The number of halogens is 1. The highest BCUT2D eigenvalue weighted by Gasteiger charge is 2.33. The normalized spacial score (nSPS) is 14.7. The number of aliphatic imine (C=N–C) groups is 1. The third kappa shape index (κ3) is 4.39. The highest BCUT2D eigenvalue weighted by atomic mass is 79.9. The SMILES string of the molecule is CCOc1ccc(N2C(=O)/C(=C\c3cccc(Br)c3)N=C2c2ccccc2OC)cc1. The third-order valence-electron chi connectivity index (χ3n) is 4.77. The number of carbonyl (C=O) groups excluding carboxylic acids is 1. The van der Waals surface area contributed by atoms with Gasteiger partial charge in [-0.05, 0) is 67.1 Å². The Labute approximate surface area is 189 Å². The highest BCUT2D eigenvalue weighted by Crippen LogP contribution is 2.32. The molecule has 156 valence electrons. The van der Waals surface area contributed by atoms with Crippen LogP contribution >= 0.6 is 15.9 Å². The fourth-order valence-electron chi connectivity index (χ4n) is 3.38. The Morgan fingerprint density at radius 3 is 2.52 bits per heavy atom. The molecule has 5 nitrogen and oxygen atoms in total. The molecule has 31 heavy (non-hydrogen) atoms. The molecule has 3 aromatic carbocycles. The molecule has 6 heteroatoms. The van der Waals surface area contributed by atoms with Gasteiger partial charge in [-0.3, -0.25) is 9.69 Å². The van der Waals surface area contributed by atoms with Crippen LogP contribution in [0.25, 0.3) is 6.08 Å². The molecule has 0 unspecified atom stereocenters. The van der Waals surface area contributed by atoms with E-state index in [1.807, 2.05) is 79.7 Å². The second-order valence-electron chi connectivity index (χ2n) is 6.79. The van der Waals surface area contributed by atoms with Gasteiger partial charge in [0.05, 0.1) is 25.0 Å². The summed E-state index contributed by atoms with van der Waals surface area (Å²) in [6, 6.07) is 22.7. The van der Waals surface area contributed by atoms with E-state index in [-0.39, 0.29) is 5.91 Å². The number of hydrogen-bond acceptors (Lipinski definition) is 4. The largest absolute Gasteiger partial charge is 0.496 e. The number of hydrogen-bond donors (Lipinski definition) is 0. The van der Waals surface area contributed by atoms with Gasteiger partial charge in [-0.25, -0.2) is 4.99 Å². The monoisotopic (exact) mass is 476 g/mol. The van der Waals surface area contributed by atoms with Crippen molar-refractivity contribution in [1.29, 1.82) is 0 Å². The molecule has 1 heterocycles. The molecular formula is C25H21BrN2O3. The standard InChI is InChI=1S/C25H21BrN2O3/c1-3-31-20-13-11-19(12-14-20)28-24(21-9-4-5-10-23(21)30-2)27-22(25(28)29)16-17-7-6-8-18(26)15-17/h4-16H,3H2,1-2H3/b22-16+. The van der Waals surface area contributed by atoms with Crippen molar-refractivity contribution >= 4 is 39.4 Å². The molecule has 0 aromatic heterocycles. The van der Waals surface area contributed by atoms with Crippen molar-refractivity contribution in [1.82, 2.24) is 0 Å². The van der Waals surface area contributed by atoms with E-state index < -0.39 is 0 Å². The molecule has 1 aliphatic heterocycles. The Balaban J connectivity index is 1.82. The summed E-state index contributed by atoms with van der Waals surface area (Å²) >= 11 is 3.47. The van der Waals surface area contributed by atoms with Crippen molar-refractivity contribution in [2.75, 3.05) is 18.6 Å². The van der Waals surface area contributed by atoms with E-state index >= 15 is 0 Å². The van der Waals surface area contributed by atoms with Crippen LogP contribution in [0.15, 0.2) is 88.0 Å². The topological polar surface area (TPSA) is 51.1 Å². The summed E-state index contributed by atoms with van der Waals surface area (Å²) in [7, 11) is 1.61. The Hall–Kier alpha value is -3.38. The number of rotatable bonds is 6. The zero-order valence-electron chi connectivity index (χ0n) is 17.2. The summed E-state index contributed by atoms with van der Waals surface area (Å²) in [5, 5.41) is 0. The van der Waals surface area contributed by atoms with Gasteiger partial charge in [0.25, 0.3) is 5.91 Å². The number of methoxy groups -OCH3 is 1. The fraction of sp³-hybridized carbons (Fsp3) is 0.120. The van der Waals surface area contributed by atoms with Crippen LogP contribution in [0.3, 0.4) is 0 Å². The maximum atomic E-state index is 13.4. The molecule has 0 saturated carbocycles. The molecule has 4 rings (SSSR count). The van der Waals surface area contributed by atoms with Gasteiger partial charge in [0.15, 0.2) is 5.84 Å². The molecule has 1 aliphatic rings. The number of amidine groups is 1. The summed E-state index contributed by atoms with van der Waals surface area (Å²) in [6.07, 6.45) is 1.79. The van der Waals surface area contributed by atoms with E-state index in [0.717, 1.165) is 21.3 Å². The van der Waals surface area contributed by atoms with E-state index in [2.05, 4.69) is 15.9 Å². The minimum Gasteiger partial charge on any atom is -0.496 e. The molecule has 0 N–H and O–H groups in total. The molecule has 0 atom stereocenters. The lowest BCUT2D eigenvalue weighted by atomic mass is 10.1. The Morgan fingerprint density at radius 1 is 1.03 bits per heavy atom. The van der Waals surface area contributed by atoms with Crippen molar-refractivity contribution in [2.24, 2.45) is 4.99 Å². The quantitative estimate of drug-likeness (QED) is 0.429. The van der Waals surface area contributed by atoms with Crippen LogP contribution in [-0.2, 0) is 4.79 Å². The number of carbonyl (C=O) groups is 1. The molecular weight excluding hydrogens is 456 g/mol. The summed E-state index contributed by atoms with van der Waals surface area (Å²) in [5.41, 5.74) is 2.68. The lowest BCUT2D eigenvalue weighted by Gasteiger charge is -2.20. The Kier molecular flexibility index (Phi) is 6.18. The van der Waals surface area contributed by atoms with Crippen molar-refractivity contribution in [3.05, 3.63) is 94.1 Å². The molecule has 0 radical (unpaired) electrons. The van der Waals surface area contributed by atoms with Gasteiger partial charge in [0.2, 0.25) is 0 Å². The van der Waals surface area contributed by atoms with Gasteiger partial charge in [0.1, 0.15) is 17.2 Å². The van der Waals surface area contributed by atoms with E-state index in [1.54, 1.807) is 18.1 Å². The van der Waals surface area contributed by atoms with Crippen LogP contribution < -0.4 is 14.4 Å². The Bertz CT molecular complexity index is 1170. The maximum absolute atomic E-state index is 13.4. The molecule has 3 aromatic rings. The van der Waals surface area contributed by atoms with Crippen LogP contribution in [0.5, 0.6) is 11.5 Å². The summed E-state index contributed by atoms with van der Waals surface area (Å²) < 4.78 is 12.0. The maximum Gasteiger partial charge on any atom is 0.282 e. The summed E-state index contributed by atoms with van der Waals surface area (Å²) in [6.45, 7) is 2.51. The van der Waals surface area contributed by atoms with Gasteiger partial charge >= 0.3 is 0 Å². The molecule has 0 saturated heterocycles. The van der Waals surface area contributed by atoms with Gasteiger partial charge in [0, 0.05) is 4.47 Å². The van der Waals surface area contributed by atoms with E-state index in [4.69, 9.17) is 14.5 Å². The van der Waals surface area contributed by atoms with Crippen LogP contribution in [0.4, 0.5) is 5.69 Å². The molecule has 0 aliphatic carbocycles. The van der Waals surface area contributed by atoms with E-state index in [0.29, 0.717) is 29.6 Å². The molecule has 0 fully saturated rings. The number of amides is 1. The predicted molar refractivity (Wildman–Crippen MR) is 127 cm³/mol. The van der Waals surface area contributed by atoms with E-state index in [9.17, 15) is 4.79 Å². The van der Waals surface area contributed by atoms with Gasteiger partial charge in [-0.2, -0.15) is 0 Å². The lowest BCUT2D eigenvalue weighted by Crippen LogP contribution is -2.32. The smallest absolute Gasteiger partial charge is 0.282 e. The minimum atomic E-state index is -0.204. The van der Waals surface area contributed by atoms with Crippen molar-refractivity contribution < 1.29 is 14.3 Å². The molecule has 0 spiro atoms. The number of anilines is 1. The van der Waals surface area contributed by atoms with Gasteiger partial charge in [-0.1, -0.05) is 40.2 Å². The zero-order chi connectivity index (χ0) is 21.8. The second kappa shape index (κ2) is 9.18. The van der Waals surface area contributed by atoms with Crippen molar-refractivity contribution in [2.45, 2.75) is 6.92 Å². The molecule has 0 bridgehead atoms. The van der Waals surface area contributed by atoms with Crippen molar-refractivity contribution in [3.63, 3.8) is 0 Å². The van der Waals surface area contributed by atoms with E-state index in [1.165, 1.54) is 0 Å². The first-order chi connectivity index (χ1) is 15.1. The first kappa shape index (κ1) is 20.9. The lowest BCUT2D eigenvalue weighted by molar-refractivity contribution is -0.113. The van der Waals surface area contributed by atoms with Gasteiger partial charge < -0.3 is 9.47 Å². The minimum absolute atomic E-state index is 0.204. The first-order valence-corrected chi connectivity index (χ1v) is 10.7.